The second-order valence-electron chi connectivity index (χ2n) is 2.14. The molecule has 58 valence electrons. The number of rotatable bonds is 2. The van der Waals surface area contributed by atoms with Gasteiger partial charge in [0.15, 0.2) is 0 Å². The van der Waals surface area contributed by atoms with E-state index < -0.39 is 0 Å². The zero-order valence-corrected chi connectivity index (χ0v) is 8.46. The number of ether oxygens (including phenoxy) is 1. The molecule has 0 aromatic heterocycles. The molecule has 0 aliphatic carbocycles. The SMILES string of the molecule is C=C(OC)c1cccc(I)c1. The summed E-state index contributed by atoms with van der Waals surface area (Å²) in [4.78, 5) is 0. The highest BCUT2D eigenvalue weighted by atomic mass is 127. The molecule has 0 saturated heterocycles. The van der Waals surface area contributed by atoms with Gasteiger partial charge >= 0.3 is 0 Å². The van der Waals surface area contributed by atoms with Crippen LogP contribution < -0.4 is 0 Å². The van der Waals surface area contributed by atoms with Crippen LogP contribution in [-0.2, 0) is 4.74 Å². The van der Waals surface area contributed by atoms with Crippen molar-refractivity contribution in [3.63, 3.8) is 0 Å². The lowest BCUT2D eigenvalue weighted by molar-refractivity contribution is 0.371. The van der Waals surface area contributed by atoms with Gasteiger partial charge in [0, 0.05) is 9.13 Å². The number of hydrogen-bond acceptors (Lipinski definition) is 1. The van der Waals surface area contributed by atoms with Gasteiger partial charge in [-0.2, -0.15) is 0 Å². The molecule has 0 heterocycles. The Labute approximate surface area is 80.2 Å². The molecule has 1 rings (SSSR count). The van der Waals surface area contributed by atoms with E-state index in [1.165, 1.54) is 3.57 Å². The van der Waals surface area contributed by atoms with Gasteiger partial charge in [0.1, 0.15) is 5.76 Å². The third-order valence-electron chi connectivity index (χ3n) is 1.39. The predicted molar refractivity (Wildman–Crippen MR) is 55.2 cm³/mol. The van der Waals surface area contributed by atoms with E-state index in [0.29, 0.717) is 5.76 Å². The summed E-state index contributed by atoms with van der Waals surface area (Å²) in [6.45, 7) is 3.76. The van der Waals surface area contributed by atoms with E-state index >= 15 is 0 Å². The first-order valence-corrected chi connectivity index (χ1v) is 4.31. The van der Waals surface area contributed by atoms with Crippen LogP contribution >= 0.6 is 22.6 Å². The van der Waals surface area contributed by atoms with Gasteiger partial charge in [0.25, 0.3) is 0 Å². The minimum absolute atomic E-state index is 0.712. The standard InChI is InChI=1S/C9H9IO/c1-7(11-2)8-4-3-5-9(10)6-8/h3-6H,1H2,2H3. The fourth-order valence-corrected chi connectivity index (χ4v) is 1.32. The average Bonchev–Trinajstić information content (AvgIpc) is 2.03. The van der Waals surface area contributed by atoms with Crippen molar-refractivity contribution < 1.29 is 4.74 Å². The zero-order valence-electron chi connectivity index (χ0n) is 6.30. The summed E-state index contributed by atoms with van der Waals surface area (Å²) < 4.78 is 6.19. The van der Waals surface area contributed by atoms with E-state index in [1.54, 1.807) is 7.11 Å². The molecule has 0 aliphatic heterocycles. The zero-order chi connectivity index (χ0) is 8.27. The van der Waals surface area contributed by atoms with Crippen molar-refractivity contribution in [1.29, 1.82) is 0 Å². The third kappa shape index (κ3) is 2.22. The maximum absolute atomic E-state index is 4.99. The highest BCUT2D eigenvalue weighted by Gasteiger charge is 1.96. The van der Waals surface area contributed by atoms with Gasteiger partial charge in [0.05, 0.1) is 7.11 Å². The van der Waals surface area contributed by atoms with E-state index in [-0.39, 0.29) is 0 Å². The van der Waals surface area contributed by atoms with Crippen LogP contribution in [0.5, 0.6) is 0 Å². The molecule has 1 aromatic rings. The van der Waals surface area contributed by atoms with Gasteiger partial charge in [-0.05, 0) is 34.7 Å². The van der Waals surface area contributed by atoms with Crippen molar-refractivity contribution in [3.8, 4) is 0 Å². The lowest BCUT2D eigenvalue weighted by Gasteiger charge is -2.03. The van der Waals surface area contributed by atoms with Gasteiger partial charge in [-0.3, -0.25) is 0 Å². The van der Waals surface area contributed by atoms with Gasteiger partial charge in [-0.1, -0.05) is 18.7 Å². The Morgan fingerprint density at radius 2 is 2.27 bits per heavy atom. The van der Waals surface area contributed by atoms with Gasteiger partial charge in [-0.15, -0.1) is 0 Å². The molecule has 2 heteroatoms. The van der Waals surface area contributed by atoms with Crippen LogP contribution in [0.15, 0.2) is 30.8 Å². The Hall–Kier alpha value is -0.510. The molecule has 1 aromatic carbocycles. The Kier molecular flexibility index (Phi) is 2.93. The van der Waals surface area contributed by atoms with Crippen LogP contribution in [0.25, 0.3) is 5.76 Å². The molecule has 1 nitrogen and oxygen atoms in total. The molecule has 0 saturated carbocycles. The van der Waals surface area contributed by atoms with Crippen molar-refractivity contribution in [2.45, 2.75) is 0 Å². The van der Waals surface area contributed by atoms with Gasteiger partial charge in [0.2, 0.25) is 0 Å². The second-order valence-corrected chi connectivity index (χ2v) is 3.38. The Bertz CT molecular complexity index is 268. The van der Waals surface area contributed by atoms with E-state index in [0.717, 1.165) is 5.56 Å². The van der Waals surface area contributed by atoms with Crippen molar-refractivity contribution >= 4 is 28.4 Å². The van der Waals surface area contributed by atoms with E-state index in [2.05, 4.69) is 29.2 Å². The molecular formula is C9H9IO. The van der Waals surface area contributed by atoms with Crippen molar-refractivity contribution in [3.05, 3.63) is 40.0 Å². The molecule has 0 spiro atoms. The fraction of sp³-hybridized carbons (Fsp3) is 0.111. The smallest absolute Gasteiger partial charge is 0.118 e. The Morgan fingerprint density at radius 3 is 2.82 bits per heavy atom. The summed E-state index contributed by atoms with van der Waals surface area (Å²) in [5.41, 5.74) is 1.04. The van der Waals surface area contributed by atoms with Gasteiger partial charge < -0.3 is 4.74 Å². The molecule has 0 amide bonds. The first-order chi connectivity index (χ1) is 5.24. The Balaban J connectivity index is 2.96. The van der Waals surface area contributed by atoms with Crippen LogP contribution in [0.3, 0.4) is 0 Å². The molecule has 0 N–H and O–H groups in total. The lowest BCUT2D eigenvalue weighted by atomic mass is 10.2. The molecule has 0 bridgehead atoms. The second kappa shape index (κ2) is 3.76. The molecule has 0 fully saturated rings. The summed E-state index contributed by atoms with van der Waals surface area (Å²) in [7, 11) is 1.63. The summed E-state index contributed by atoms with van der Waals surface area (Å²) in [6, 6.07) is 8.04. The van der Waals surface area contributed by atoms with E-state index in [4.69, 9.17) is 4.74 Å². The topological polar surface area (TPSA) is 9.23 Å². The van der Waals surface area contributed by atoms with Gasteiger partial charge in [-0.25, -0.2) is 0 Å². The van der Waals surface area contributed by atoms with E-state index in [9.17, 15) is 0 Å². The first kappa shape index (κ1) is 8.59. The van der Waals surface area contributed by atoms with Crippen LogP contribution in [0.1, 0.15) is 5.56 Å². The maximum atomic E-state index is 4.99. The number of benzene rings is 1. The number of hydrogen-bond donors (Lipinski definition) is 0. The van der Waals surface area contributed by atoms with Crippen LogP contribution in [-0.4, -0.2) is 7.11 Å². The molecule has 0 radical (unpaired) electrons. The Morgan fingerprint density at radius 1 is 1.55 bits per heavy atom. The monoisotopic (exact) mass is 260 g/mol. The van der Waals surface area contributed by atoms with Crippen molar-refractivity contribution in [2.75, 3.05) is 7.11 Å². The number of halogens is 1. The van der Waals surface area contributed by atoms with Crippen molar-refractivity contribution in [1.82, 2.24) is 0 Å². The van der Waals surface area contributed by atoms with Crippen molar-refractivity contribution in [2.24, 2.45) is 0 Å². The normalized spacial score (nSPS) is 9.27. The molecule has 0 atom stereocenters. The minimum Gasteiger partial charge on any atom is -0.497 e. The third-order valence-corrected chi connectivity index (χ3v) is 2.06. The predicted octanol–water partition coefficient (Wildman–Crippen LogP) is 2.91. The minimum atomic E-state index is 0.712. The summed E-state index contributed by atoms with van der Waals surface area (Å²) >= 11 is 2.26. The summed E-state index contributed by atoms with van der Waals surface area (Å²) in [5.74, 6) is 0.712. The molecule has 0 aliphatic rings. The van der Waals surface area contributed by atoms with Crippen LogP contribution in [0, 0.1) is 3.57 Å². The van der Waals surface area contributed by atoms with Crippen LogP contribution in [0.4, 0.5) is 0 Å². The molecular weight excluding hydrogens is 251 g/mol. The lowest BCUT2D eigenvalue weighted by Crippen LogP contribution is -1.84. The number of methoxy groups -OCH3 is 1. The summed E-state index contributed by atoms with van der Waals surface area (Å²) in [6.07, 6.45) is 0. The van der Waals surface area contributed by atoms with Crippen LogP contribution in [0.2, 0.25) is 0 Å². The maximum Gasteiger partial charge on any atom is 0.118 e. The van der Waals surface area contributed by atoms with E-state index in [1.807, 2.05) is 24.3 Å². The largest absolute Gasteiger partial charge is 0.497 e. The highest BCUT2D eigenvalue weighted by molar-refractivity contribution is 14.1. The fourth-order valence-electron chi connectivity index (χ4n) is 0.780. The summed E-state index contributed by atoms with van der Waals surface area (Å²) in [5, 5.41) is 0. The molecule has 11 heavy (non-hydrogen) atoms. The molecule has 0 unspecified atom stereocenters. The first-order valence-electron chi connectivity index (χ1n) is 3.23. The average molecular weight is 260 g/mol. The quantitative estimate of drug-likeness (QED) is 0.586. The highest BCUT2D eigenvalue weighted by Crippen LogP contribution is 2.15.